The number of aromatic nitrogens is 1. The van der Waals surface area contributed by atoms with Crippen LogP contribution in [-0.2, 0) is 4.79 Å². The topological polar surface area (TPSA) is 36.4 Å². The van der Waals surface area contributed by atoms with Crippen molar-refractivity contribution in [2.45, 2.75) is 19.8 Å². The Hall–Kier alpha value is -2.88. The summed E-state index contributed by atoms with van der Waals surface area (Å²) in [5.41, 5.74) is 4.67. The number of para-hydroxylation sites is 1. The number of aryl methyl sites for hydroxylation is 1. The zero-order chi connectivity index (χ0) is 19.1. The number of rotatable bonds is 3. The van der Waals surface area contributed by atoms with Gasteiger partial charge in [0.15, 0.2) is 0 Å². The molecule has 2 aliphatic rings. The largest absolute Gasteiger partial charge is 0.353 e. The molecule has 0 atom stereocenters. The van der Waals surface area contributed by atoms with Crippen molar-refractivity contribution < 1.29 is 4.79 Å². The van der Waals surface area contributed by atoms with Gasteiger partial charge in [0.05, 0.1) is 5.52 Å². The Morgan fingerprint density at radius 3 is 2.39 bits per heavy atom. The molecule has 0 N–H and O–H groups in total. The molecule has 0 spiro atoms. The SMILES string of the molecule is Cc1ccc(-c2cccc3ccc(N4CCN(C(=O)C5CC5)CC4)nc23)cc1. The van der Waals surface area contributed by atoms with Crippen molar-refractivity contribution in [1.82, 2.24) is 9.88 Å². The molecule has 0 bridgehead atoms. The average Bonchev–Trinajstić information content (AvgIpc) is 3.59. The molecule has 2 heterocycles. The highest BCUT2D eigenvalue weighted by atomic mass is 16.2. The van der Waals surface area contributed by atoms with Gasteiger partial charge >= 0.3 is 0 Å². The van der Waals surface area contributed by atoms with Crippen molar-refractivity contribution in [2.75, 3.05) is 31.1 Å². The predicted octanol–water partition coefficient (Wildman–Crippen LogP) is 4.27. The smallest absolute Gasteiger partial charge is 0.225 e. The van der Waals surface area contributed by atoms with E-state index in [0.29, 0.717) is 11.8 Å². The zero-order valence-corrected chi connectivity index (χ0v) is 16.3. The van der Waals surface area contributed by atoms with E-state index in [-0.39, 0.29) is 0 Å². The molecule has 28 heavy (non-hydrogen) atoms. The summed E-state index contributed by atoms with van der Waals surface area (Å²) in [4.78, 5) is 21.7. The van der Waals surface area contributed by atoms with Gasteiger partial charge in [-0.05, 0) is 37.5 Å². The fraction of sp³-hybridized carbons (Fsp3) is 0.333. The van der Waals surface area contributed by atoms with Gasteiger partial charge in [-0.15, -0.1) is 0 Å². The maximum absolute atomic E-state index is 12.3. The number of amides is 1. The molecule has 1 aromatic heterocycles. The number of nitrogens with zero attached hydrogens (tertiary/aromatic N) is 3. The number of carbonyl (C=O) groups excluding carboxylic acids is 1. The van der Waals surface area contributed by atoms with Gasteiger partial charge in [-0.1, -0.05) is 48.0 Å². The van der Waals surface area contributed by atoms with E-state index in [1.807, 2.05) is 4.90 Å². The van der Waals surface area contributed by atoms with Gasteiger partial charge in [0.2, 0.25) is 5.91 Å². The Kier molecular flexibility index (Phi) is 4.27. The van der Waals surface area contributed by atoms with Crippen LogP contribution in [0, 0.1) is 12.8 Å². The molecule has 1 saturated carbocycles. The van der Waals surface area contributed by atoms with Crippen LogP contribution in [0.2, 0.25) is 0 Å². The van der Waals surface area contributed by atoms with Crippen LogP contribution in [-0.4, -0.2) is 42.0 Å². The van der Waals surface area contributed by atoms with Gasteiger partial charge < -0.3 is 9.80 Å². The number of anilines is 1. The third-order valence-corrected chi connectivity index (χ3v) is 5.91. The molecule has 0 unspecified atom stereocenters. The lowest BCUT2D eigenvalue weighted by Gasteiger charge is -2.35. The lowest BCUT2D eigenvalue weighted by molar-refractivity contribution is -0.132. The van der Waals surface area contributed by atoms with E-state index in [1.165, 1.54) is 16.7 Å². The van der Waals surface area contributed by atoms with Crippen LogP contribution < -0.4 is 4.90 Å². The zero-order valence-electron chi connectivity index (χ0n) is 16.3. The van der Waals surface area contributed by atoms with Crippen LogP contribution in [0.15, 0.2) is 54.6 Å². The van der Waals surface area contributed by atoms with Gasteiger partial charge in [0.1, 0.15) is 5.82 Å². The number of fused-ring (bicyclic) bond motifs is 1. The first kappa shape index (κ1) is 17.2. The molecule has 3 aromatic rings. The van der Waals surface area contributed by atoms with E-state index in [2.05, 4.69) is 66.4 Å². The highest BCUT2D eigenvalue weighted by Gasteiger charge is 2.34. The highest BCUT2D eigenvalue weighted by molar-refractivity contribution is 5.94. The Morgan fingerprint density at radius 1 is 0.929 bits per heavy atom. The minimum absolute atomic E-state index is 0.308. The maximum atomic E-state index is 12.3. The number of hydrogen-bond donors (Lipinski definition) is 0. The van der Waals surface area contributed by atoms with Gasteiger partial charge in [0, 0.05) is 43.0 Å². The molecule has 142 valence electrons. The first-order chi connectivity index (χ1) is 13.7. The van der Waals surface area contributed by atoms with Crippen LogP contribution >= 0.6 is 0 Å². The Bertz CT molecular complexity index is 1020. The summed E-state index contributed by atoms with van der Waals surface area (Å²) in [7, 11) is 0. The van der Waals surface area contributed by atoms with E-state index in [9.17, 15) is 4.79 Å². The third kappa shape index (κ3) is 3.24. The number of piperazine rings is 1. The molecule has 4 nitrogen and oxygen atoms in total. The van der Waals surface area contributed by atoms with Crippen molar-refractivity contribution in [1.29, 1.82) is 0 Å². The fourth-order valence-electron chi connectivity index (χ4n) is 4.02. The van der Waals surface area contributed by atoms with Crippen molar-refractivity contribution in [3.63, 3.8) is 0 Å². The van der Waals surface area contributed by atoms with E-state index in [4.69, 9.17) is 4.98 Å². The van der Waals surface area contributed by atoms with E-state index >= 15 is 0 Å². The Balaban J connectivity index is 1.42. The average molecular weight is 371 g/mol. The Morgan fingerprint density at radius 2 is 1.68 bits per heavy atom. The standard InChI is InChI=1S/C24H25N3O/c1-17-5-7-18(8-6-17)21-4-2-3-19-11-12-22(25-23(19)21)26-13-15-27(16-14-26)24(28)20-9-10-20/h2-8,11-12,20H,9-10,13-16H2,1H3. The first-order valence-electron chi connectivity index (χ1n) is 10.2. The number of benzene rings is 2. The maximum Gasteiger partial charge on any atom is 0.225 e. The summed E-state index contributed by atoms with van der Waals surface area (Å²) in [5, 5.41) is 1.16. The van der Waals surface area contributed by atoms with Crippen molar-refractivity contribution >= 4 is 22.6 Å². The summed E-state index contributed by atoms with van der Waals surface area (Å²) < 4.78 is 0. The van der Waals surface area contributed by atoms with Crippen molar-refractivity contribution in [3.8, 4) is 11.1 Å². The van der Waals surface area contributed by atoms with Crippen molar-refractivity contribution in [2.24, 2.45) is 5.92 Å². The van der Waals surface area contributed by atoms with E-state index in [1.54, 1.807) is 0 Å². The Labute approximate surface area is 165 Å². The number of pyridine rings is 1. The number of hydrogen-bond acceptors (Lipinski definition) is 3. The molecule has 4 heteroatoms. The lowest BCUT2D eigenvalue weighted by Crippen LogP contribution is -2.49. The minimum Gasteiger partial charge on any atom is -0.353 e. The molecule has 2 fully saturated rings. The second kappa shape index (κ2) is 6.93. The molecule has 1 aliphatic carbocycles. The van der Waals surface area contributed by atoms with Gasteiger partial charge in [-0.25, -0.2) is 4.98 Å². The molecular formula is C24H25N3O. The van der Waals surface area contributed by atoms with Crippen LogP contribution in [0.1, 0.15) is 18.4 Å². The highest BCUT2D eigenvalue weighted by Crippen LogP contribution is 2.32. The van der Waals surface area contributed by atoms with E-state index < -0.39 is 0 Å². The monoisotopic (exact) mass is 371 g/mol. The molecule has 1 saturated heterocycles. The van der Waals surface area contributed by atoms with Gasteiger partial charge in [-0.3, -0.25) is 4.79 Å². The number of carbonyl (C=O) groups is 1. The second-order valence-corrected chi connectivity index (χ2v) is 8.00. The minimum atomic E-state index is 0.308. The summed E-state index contributed by atoms with van der Waals surface area (Å²) >= 11 is 0. The summed E-state index contributed by atoms with van der Waals surface area (Å²) in [6.07, 6.45) is 2.15. The lowest BCUT2D eigenvalue weighted by atomic mass is 10.0. The molecule has 0 radical (unpaired) electrons. The normalized spacial score (nSPS) is 17.2. The molecule has 1 aliphatic heterocycles. The van der Waals surface area contributed by atoms with Gasteiger partial charge in [-0.2, -0.15) is 0 Å². The van der Waals surface area contributed by atoms with Crippen molar-refractivity contribution in [3.05, 3.63) is 60.2 Å². The summed E-state index contributed by atoms with van der Waals surface area (Å²) in [5.74, 6) is 1.67. The fourth-order valence-corrected chi connectivity index (χ4v) is 4.02. The quantitative estimate of drug-likeness (QED) is 0.690. The molecule has 1 amide bonds. The van der Waals surface area contributed by atoms with Gasteiger partial charge in [0.25, 0.3) is 0 Å². The third-order valence-electron chi connectivity index (χ3n) is 5.91. The molecule has 2 aromatic carbocycles. The van der Waals surface area contributed by atoms with Crippen LogP contribution in [0.3, 0.4) is 0 Å². The van der Waals surface area contributed by atoms with Crippen LogP contribution in [0.4, 0.5) is 5.82 Å². The van der Waals surface area contributed by atoms with E-state index in [0.717, 1.165) is 55.7 Å². The first-order valence-corrected chi connectivity index (χ1v) is 10.2. The van der Waals surface area contributed by atoms with Crippen LogP contribution in [0.25, 0.3) is 22.0 Å². The predicted molar refractivity (Wildman–Crippen MR) is 113 cm³/mol. The summed E-state index contributed by atoms with van der Waals surface area (Å²) in [6.45, 7) is 5.41. The van der Waals surface area contributed by atoms with Crippen LogP contribution in [0.5, 0.6) is 0 Å². The molecular weight excluding hydrogens is 346 g/mol. The molecule has 5 rings (SSSR count). The summed E-state index contributed by atoms with van der Waals surface area (Å²) in [6, 6.07) is 19.3. The second-order valence-electron chi connectivity index (χ2n) is 8.00.